The third-order valence-electron chi connectivity index (χ3n) is 2.75. The summed E-state index contributed by atoms with van der Waals surface area (Å²) in [6.07, 6.45) is 0.728. The number of benzene rings is 1. The molecule has 0 aliphatic carbocycles. The summed E-state index contributed by atoms with van der Waals surface area (Å²) in [6, 6.07) is 5.33. The molecule has 0 aromatic heterocycles. The number of anilines is 1. The van der Waals surface area contributed by atoms with E-state index in [4.69, 9.17) is 10.8 Å². The molecule has 19 heavy (non-hydrogen) atoms. The van der Waals surface area contributed by atoms with Gasteiger partial charge in [-0.1, -0.05) is 13.0 Å². The third-order valence-corrected chi connectivity index (χ3v) is 3.41. The highest BCUT2D eigenvalue weighted by Gasteiger charge is 2.13. The van der Waals surface area contributed by atoms with Gasteiger partial charge in [0.25, 0.3) is 5.91 Å². The van der Waals surface area contributed by atoms with Gasteiger partial charge < -0.3 is 16.2 Å². The van der Waals surface area contributed by atoms with Crippen molar-refractivity contribution in [3.8, 4) is 0 Å². The summed E-state index contributed by atoms with van der Waals surface area (Å²) in [4.78, 5) is 21.9. The number of aliphatic carboxylic acids is 1. The van der Waals surface area contributed by atoms with E-state index < -0.39 is 11.9 Å². The average molecular weight is 329 g/mol. The van der Waals surface area contributed by atoms with Crippen molar-refractivity contribution in [2.75, 3.05) is 11.9 Å². The lowest BCUT2D eigenvalue weighted by molar-refractivity contribution is -0.137. The van der Waals surface area contributed by atoms with Gasteiger partial charge in [0.15, 0.2) is 0 Å². The van der Waals surface area contributed by atoms with Gasteiger partial charge >= 0.3 is 5.97 Å². The molecule has 0 saturated heterocycles. The Morgan fingerprint density at radius 1 is 1.47 bits per heavy atom. The Morgan fingerprint density at radius 2 is 2.16 bits per heavy atom. The topological polar surface area (TPSA) is 92.4 Å². The van der Waals surface area contributed by atoms with E-state index in [2.05, 4.69) is 21.2 Å². The Labute approximate surface area is 120 Å². The smallest absolute Gasteiger partial charge is 0.303 e. The van der Waals surface area contributed by atoms with Gasteiger partial charge in [0.05, 0.1) is 5.56 Å². The van der Waals surface area contributed by atoms with Crippen LogP contribution in [0.25, 0.3) is 0 Å². The Morgan fingerprint density at radius 3 is 2.74 bits per heavy atom. The number of nitrogens with two attached hydrogens (primary N) is 1. The largest absolute Gasteiger partial charge is 0.481 e. The van der Waals surface area contributed by atoms with Crippen LogP contribution in [0.1, 0.15) is 30.1 Å². The van der Waals surface area contributed by atoms with Crippen LogP contribution in [-0.2, 0) is 4.79 Å². The minimum atomic E-state index is -0.799. The molecule has 1 unspecified atom stereocenters. The lowest BCUT2D eigenvalue weighted by Gasteiger charge is -2.15. The predicted molar refractivity (Wildman–Crippen MR) is 77.2 cm³/mol. The van der Waals surface area contributed by atoms with E-state index in [9.17, 15) is 9.59 Å². The minimum Gasteiger partial charge on any atom is -0.481 e. The number of amides is 1. The Hall–Kier alpha value is -1.56. The van der Waals surface area contributed by atoms with Crippen molar-refractivity contribution in [2.45, 2.75) is 19.8 Å². The molecular weight excluding hydrogens is 312 g/mol. The molecule has 1 rings (SSSR count). The van der Waals surface area contributed by atoms with Gasteiger partial charge in [-0.25, -0.2) is 0 Å². The predicted octanol–water partition coefficient (Wildman–Crippen LogP) is 2.46. The van der Waals surface area contributed by atoms with Gasteiger partial charge in [0, 0.05) is 23.1 Å². The van der Waals surface area contributed by atoms with Crippen molar-refractivity contribution < 1.29 is 14.7 Å². The van der Waals surface area contributed by atoms with Crippen molar-refractivity contribution in [3.05, 3.63) is 28.2 Å². The maximum Gasteiger partial charge on any atom is 0.303 e. The number of carboxylic acid groups (broad SMARTS) is 1. The van der Waals surface area contributed by atoms with E-state index in [-0.39, 0.29) is 12.3 Å². The number of halogens is 1. The van der Waals surface area contributed by atoms with E-state index >= 15 is 0 Å². The van der Waals surface area contributed by atoms with E-state index in [0.717, 1.165) is 0 Å². The van der Waals surface area contributed by atoms with Crippen LogP contribution in [0.3, 0.4) is 0 Å². The highest BCUT2D eigenvalue weighted by molar-refractivity contribution is 9.10. The monoisotopic (exact) mass is 328 g/mol. The number of nitrogens with one attached hydrogen (secondary N) is 1. The van der Waals surface area contributed by atoms with Crippen molar-refractivity contribution in [1.82, 2.24) is 0 Å². The first-order valence-corrected chi connectivity index (χ1v) is 6.75. The third kappa shape index (κ3) is 4.90. The van der Waals surface area contributed by atoms with Gasteiger partial charge in [-0.2, -0.15) is 0 Å². The van der Waals surface area contributed by atoms with Crippen LogP contribution >= 0.6 is 15.9 Å². The number of hydrogen-bond acceptors (Lipinski definition) is 3. The fourth-order valence-corrected chi connectivity index (χ4v) is 2.24. The number of carbonyl (C=O) groups is 2. The fourth-order valence-electron chi connectivity index (χ4n) is 1.68. The first-order chi connectivity index (χ1) is 8.91. The molecule has 0 radical (unpaired) electrons. The first-order valence-electron chi connectivity index (χ1n) is 5.95. The second kappa shape index (κ2) is 7.13. The summed E-state index contributed by atoms with van der Waals surface area (Å²) < 4.78 is 0.642. The van der Waals surface area contributed by atoms with Crippen molar-refractivity contribution in [1.29, 1.82) is 0 Å². The molecule has 0 heterocycles. The molecule has 6 heteroatoms. The number of carbonyl (C=O) groups excluding carboxylic acids is 1. The maximum atomic E-state index is 11.4. The lowest BCUT2D eigenvalue weighted by atomic mass is 10.1. The molecule has 5 nitrogen and oxygen atoms in total. The normalized spacial score (nSPS) is 11.9. The Balaban J connectivity index is 2.65. The Bertz CT molecular complexity index is 477. The van der Waals surface area contributed by atoms with E-state index in [1.54, 1.807) is 18.2 Å². The fraction of sp³-hybridized carbons (Fsp3) is 0.385. The molecule has 1 aromatic rings. The van der Waals surface area contributed by atoms with Crippen LogP contribution in [-0.4, -0.2) is 23.5 Å². The second-order valence-electron chi connectivity index (χ2n) is 4.45. The molecular formula is C13H17BrN2O3. The molecule has 4 N–H and O–H groups in total. The van der Waals surface area contributed by atoms with Gasteiger partial charge in [-0.3, -0.25) is 9.59 Å². The van der Waals surface area contributed by atoms with Gasteiger partial charge in [-0.15, -0.1) is 0 Å². The van der Waals surface area contributed by atoms with Crippen LogP contribution < -0.4 is 11.1 Å². The van der Waals surface area contributed by atoms with Crippen LogP contribution in [0.5, 0.6) is 0 Å². The number of primary amides is 1. The van der Waals surface area contributed by atoms with Gasteiger partial charge in [-0.05, 0) is 40.4 Å². The van der Waals surface area contributed by atoms with Crippen LogP contribution in [0.2, 0.25) is 0 Å². The molecule has 104 valence electrons. The molecule has 1 aromatic carbocycles. The van der Waals surface area contributed by atoms with Crippen LogP contribution in [0, 0.1) is 5.92 Å². The zero-order valence-electron chi connectivity index (χ0n) is 10.6. The molecule has 0 spiro atoms. The summed E-state index contributed by atoms with van der Waals surface area (Å²) in [5.74, 6) is -1.11. The number of rotatable bonds is 7. The van der Waals surface area contributed by atoms with E-state index in [0.29, 0.717) is 28.7 Å². The van der Waals surface area contributed by atoms with Crippen LogP contribution in [0.4, 0.5) is 5.69 Å². The Kier molecular flexibility index (Phi) is 5.82. The summed E-state index contributed by atoms with van der Waals surface area (Å²) in [6.45, 7) is 2.54. The number of carboxylic acids is 1. The summed E-state index contributed by atoms with van der Waals surface area (Å²) in [5, 5.41) is 11.7. The number of hydrogen-bond donors (Lipinski definition) is 3. The molecule has 0 fully saturated rings. The SMILES string of the molecule is CC(CCC(=O)O)CNc1cccc(Br)c1C(N)=O. The molecule has 1 amide bonds. The van der Waals surface area contributed by atoms with E-state index in [1.165, 1.54) is 0 Å². The molecule has 1 atom stereocenters. The highest BCUT2D eigenvalue weighted by Crippen LogP contribution is 2.24. The minimum absolute atomic E-state index is 0.143. The zero-order valence-corrected chi connectivity index (χ0v) is 12.2. The highest BCUT2D eigenvalue weighted by atomic mass is 79.9. The molecule has 0 aliphatic rings. The summed E-state index contributed by atoms with van der Waals surface area (Å²) in [5.41, 5.74) is 6.40. The van der Waals surface area contributed by atoms with Crippen molar-refractivity contribution in [3.63, 3.8) is 0 Å². The van der Waals surface area contributed by atoms with E-state index in [1.807, 2.05) is 6.92 Å². The molecule has 0 bridgehead atoms. The standard InChI is InChI=1S/C13H17BrN2O3/c1-8(5-6-11(17)18)7-16-10-4-2-3-9(14)12(10)13(15)19/h2-4,8,16H,5-7H2,1H3,(H2,15,19)(H,17,18). The molecule has 0 saturated carbocycles. The quantitative estimate of drug-likeness (QED) is 0.716. The zero-order chi connectivity index (χ0) is 14.4. The van der Waals surface area contributed by atoms with Crippen molar-refractivity contribution in [2.24, 2.45) is 11.7 Å². The first kappa shape index (κ1) is 15.5. The second-order valence-corrected chi connectivity index (χ2v) is 5.30. The maximum absolute atomic E-state index is 11.4. The lowest BCUT2D eigenvalue weighted by Crippen LogP contribution is -2.18. The summed E-state index contributed by atoms with van der Waals surface area (Å²) >= 11 is 3.29. The van der Waals surface area contributed by atoms with Gasteiger partial charge in [0.1, 0.15) is 0 Å². The van der Waals surface area contributed by atoms with Gasteiger partial charge in [0.2, 0.25) is 0 Å². The average Bonchev–Trinajstić information content (AvgIpc) is 2.33. The molecule has 0 aliphatic heterocycles. The summed E-state index contributed by atoms with van der Waals surface area (Å²) in [7, 11) is 0. The van der Waals surface area contributed by atoms with Crippen molar-refractivity contribution >= 4 is 33.5 Å². The van der Waals surface area contributed by atoms with Crippen LogP contribution in [0.15, 0.2) is 22.7 Å².